The number of imidazole rings is 1. The lowest BCUT2D eigenvalue weighted by molar-refractivity contribution is 0.778. The molecule has 1 atom stereocenters. The summed E-state index contributed by atoms with van der Waals surface area (Å²) in [5.41, 5.74) is 8.64. The molecule has 17 heavy (non-hydrogen) atoms. The van der Waals surface area contributed by atoms with Crippen LogP contribution in [0.15, 0.2) is 35.3 Å². The minimum absolute atomic E-state index is 0.0457. The van der Waals surface area contributed by atoms with Gasteiger partial charge in [0.1, 0.15) is 0 Å². The summed E-state index contributed by atoms with van der Waals surface area (Å²) in [6.45, 7) is 3.83. The summed E-state index contributed by atoms with van der Waals surface area (Å²) >= 11 is 0. The van der Waals surface area contributed by atoms with Crippen LogP contribution in [0, 0.1) is 6.92 Å². The Bertz CT molecular complexity index is 593. The molecule has 0 aliphatic carbocycles. The van der Waals surface area contributed by atoms with Gasteiger partial charge < -0.3 is 10.3 Å². The number of nitrogens with zero attached hydrogens (tertiary/aromatic N) is 2. The molecule has 0 aliphatic heterocycles. The average molecular weight is 231 g/mol. The number of aromatic nitrogens is 2. The van der Waals surface area contributed by atoms with Crippen LogP contribution in [0.5, 0.6) is 0 Å². The van der Waals surface area contributed by atoms with Crippen molar-refractivity contribution in [2.24, 2.45) is 12.8 Å². The number of benzene rings is 1. The normalized spacial score (nSPS) is 12.7. The number of aryl methyl sites for hydroxylation is 2. The highest BCUT2D eigenvalue weighted by atomic mass is 16.1. The Labute approximate surface area is 100 Å². The van der Waals surface area contributed by atoms with Gasteiger partial charge in [-0.05, 0) is 25.5 Å². The Morgan fingerprint density at radius 3 is 2.47 bits per heavy atom. The third-order valence-corrected chi connectivity index (χ3v) is 2.89. The Hall–Kier alpha value is -1.81. The van der Waals surface area contributed by atoms with Crippen molar-refractivity contribution in [2.75, 3.05) is 0 Å². The van der Waals surface area contributed by atoms with E-state index in [0.717, 1.165) is 16.9 Å². The van der Waals surface area contributed by atoms with Crippen molar-refractivity contribution in [3.8, 4) is 5.69 Å². The minimum atomic E-state index is -0.0993. The number of rotatable bonds is 2. The van der Waals surface area contributed by atoms with E-state index in [9.17, 15) is 4.79 Å². The summed E-state index contributed by atoms with van der Waals surface area (Å²) in [5, 5.41) is 0. The molecule has 4 heteroatoms. The molecule has 2 N–H and O–H groups in total. The number of hydrogen-bond acceptors (Lipinski definition) is 2. The molecule has 0 amide bonds. The maximum atomic E-state index is 12.0. The highest BCUT2D eigenvalue weighted by Crippen LogP contribution is 2.19. The van der Waals surface area contributed by atoms with Gasteiger partial charge in [0.25, 0.3) is 0 Å². The molecule has 90 valence electrons. The summed E-state index contributed by atoms with van der Waals surface area (Å²) in [7, 11) is 1.75. The van der Waals surface area contributed by atoms with Gasteiger partial charge in [0.15, 0.2) is 0 Å². The second-order valence-corrected chi connectivity index (χ2v) is 4.35. The lowest BCUT2D eigenvalue weighted by atomic mass is 10.1. The predicted octanol–water partition coefficient (Wildman–Crippen LogP) is 1.50. The van der Waals surface area contributed by atoms with Gasteiger partial charge in [0.2, 0.25) is 0 Å². The zero-order valence-corrected chi connectivity index (χ0v) is 10.3. The average Bonchev–Trinajstić information content (AvgIpc) is 2.53. The van der Waals surface area contributed by atoms with Crippen LogP contribution in [0.2, 0.25) is 0 Å². The molecule has 0 aliphatic rings. The van der Waals surface area contributed by atoms with E-state index in [1.165, 1.54) is 0 Å². The van der Waals surface area contributed by atoms with Gasteiger partial charge in [-0.15, -0.1) is 0 Å². The molecule has 1 aromatic heterocycles. The van der Waals surface area contributed by atoms with Crippen molar-refractivity contribution in [1.82, 2.24) is 9.13 Å². The van der Waals surface area contributed by atoms with Crippen molar-refractivity contribution in [2.45, 2.75) is 19.9 Å². The van der Waals surface area contributed by atoms with Gasteiger partial charge in [-0.1, -0.05) is 18.2 Å². The van der Waals surface area contributed by atoms with Gasteiger partial charge in [-0.3, -0.25) is 4.57 Å². The summed E-state index contributed by atoms with van der Waals surface area (Å²) in [6.07, 6.45) is 1.82. The van der Waals surface area contributed by atoms with Crippen molar-refractivity contribution >= 4 is 0 Å². The molecular formula is C13H17N3O. The molecule has 1 heterocycles. The molecular weight excluding hydrogens is 214 g/mol. The van der Waals surface area contributed by atoms with Gasteiger partial charge in [0.05, 0.1) is 5.69 Å². The van der Waals surface area contributed by atoms with Crippen LogP contribution in [-0.4, -0.2) is 9.13 Å². The van der Waals surface area contributed by atoms with Crippen LogP contribution in [-0.2, 0) is 7.05 Å². The van der Waals surface area contributed by atoms with Gasteiger partial charge in [-0.2, -0.15) is 0 Å². The molecule has 4 nitrogen and oxygen atoms in total. The maximum absolute atomic E-state index is 12.0. The number of hydrogen-bond donors (Lipinski definition) is 1. The largest absolute Gasteiger partial charge is 0.332 e. The topological polar surface area (TPSA) is 53.0 Å². The number of para-hydroxylation sites is 1. The lowest BCUT2D eigenvalue weighted by Crippen LogP contribution is -2.23. The first kappa shape index (κ1) is 11.7. The lowest BCUT2D eigenvalue weighted by Gasteiger charge is -2.13. The number of nitrogens with two attached hydrogens (primary N) is 1. The highest BCUT2D eigenvalue weighted by molar-refractivity contribution is 5.43. The fourth-order valence-electron chi connectivity index (χ4n) is 2.07. The Morgan fingerprint density at radius 2 is 1.94 bits per heavy atom. The quantitative estimate of drug-likeness (QED) is 0.851. The van der Waals surface area contributed by atoms with E-state index in [-0.39, 0.29) is 11.7 Å². The summed E-state index contributed by atoms with van der Waals surface area (Å²) < 4.78 is 3.27. The predicted molar refractivity (Wildman–Crippen MR) is 68.3 cm³/mol. The van der Waals surface area contributed by atoms with Crippen molar-refractivity contribution in [3.63, 3.8) is 0 Å². The molecule has 2 aromatic rings. The van der Waals surface area contributed by atoms with E-state index in [4.69, 9.17) is 5.73 Å². The molecule has 1 unspecified atom stereocenters. The molecule has 1 aromatic carbocycles. The third-order valence-electron chi connectivity index (χ3n) is 2.89. The molecule has 0 saturated heterocycles. The molecule has 0 bridgehead atoms. The van der Waals surface area contributed by atoms with Gasteiger partial charge in [0, 0.05) is 25.0 Å². The highest BCUT2D eigenvalue weighted by Gasteiger charge is 2.13. The van der Waals surface area contributed by atoms with Crippen molar-refractivity contribution in [1.29, 1.82) is 0 Å². The first-order valence-electron chi connectivity index (χ1n) is 5.62. The van der Waals surface area contributed by atoms with Crippen LogP contribution in [0.1, 0.15) is 24.2 Å². The van der Waals surface area contributed by atoms with Gasteiger partial charge >= 0.3 is 5.69 Å². The van der Waals surface area contributed by atoms with E-state index < -0.39 is 0 Å². The molecule has 0 fully saturated rings. The zero-order valence-electron chi connectivity index (χ0n) is 10.3. The van der Waals surface area contributed by atoms with Crippen LogP contribution in [0.25, 0.3) is 5.69 Å². The first-order chi connectivity index (χ1) is 8.02. The fraction of sp³-hybridized carbons (Fsp3) is 0.308. The van der Waals surface area contributed by atoms with E-state index in [1.807, 2.05) is 44.3 Å². The third kappa shape index (κ3) is 1.91. The Morgan fingerprint density at radius 1 is 1.29 bits per heavy atom. The molecule has 0 radical (unpaired) electrons. The monoisotopic (exact) mass is 231 g/mol. The molecule has 0 saturated carbocycles. The minimum Gasteiger partial charge on any atom is -0.324 e. The van der Waals surface area contributed by atoms with Crippen LogP contribution in [0.3, 0.4) is 0 Å². The van der Waals surface area contributed by atoms with E-state index >= 15 is 0 Å². The summed E-state index contributed by atoms with van der Waals surface area (Å²) in [6, 6.07) is 7.63. The Kier molecular flexibility index (Phi) is 2.90. The molecule has 2 rings (SSSR count). The van der Waals surface area contributed by atoms with Crippen LogP contribution >= 0.6 is 0 Å². The summed E-state index contributed by atoms with van der Waals surface area (Å²) in [4.78, 5) is 12.0. The second kappa shape index (κ2) is 4.22. The van der Waals surface area contributed by atoms with E-state index in [2.05, 4.69) is 0 Å². The second-order valence-electron chi connectivity index (χ2n) is 4.35. The summed E-state index contributed by atoms with van der Waals surface area (Å²) in [5.74, 6) is 0. The van der Waals surface area contributed by atoms with Crippen LogP contribution < -0.4 is 11.4 Å². The maximum Gasteiger partial charge on any atom is 0.332 e. The van der Waals surface area contributed by atoms with Crippen molar-refractivity contribution in [3.05, 3.63) is 52.2 Å². The Balaban J connectivity index is 2.73. The molecule has 0 spiro atoms. The van der Waals surface area contributed by atoms with E-state index in [1.54, 1.807) is 16.2 Å². The zero-order chi connectivity index (χ0) is 12.6. The standard InChI is InChI=1S/C13H17N3O/c1-9-8-15(3)13(17)16(9)12-7-5-4-6-11(12)10(2)14/h4-8,10H,14H2,1-3H3. The van der Waals surface area contributed by atoms with Crippen LogP contribution in [0.4, 0.5) is 0 Å². The first-order valence-corrected chi connectivity index (χ1v) is 5.62. The van der Waals surface area contributed by atoms with Gasteiger partial charge in [-0.25, -0.2) is 4.79 Å². The van der Waals surface area contributed by atoms with Crippen molar-refractivity contribution < 1.29 is 0 Å². The van der Waals surface area contributed by atoms with E-state index in [0.29, 0.717) is 0 Å². The SMILES string of the molecule is Cc1cn(C)c(=O)n1-c1ccccc1C(C)N. The fourth-order valence-corrected chi connectivity index (χ4v) is 2.07. The smallest absolute Gasteiger partial charge is 0.324 e.